The Morgan fingerprint density at radius 1 is 1.03 bits per heavy atom. The van der Waals surface area contributed by atoms with Gasteiger partial charge in [-0.2, -0.15) is 5.10 Å². The highest BCUT2D eigenvalue weighted by Gasteiger charge is 2.19. The molecular formula is C28H29N5O3S. The van der Waals surface area contributed by atoms with Crippen LogP contribution in [0.5, 0.6) is 0 Å². The van der Waals surface area contributed by atoms with Crippen molar-refractivity contribution in [2.45, 2.75) is 26.4 Å². The molecule has 1 fully saturated rings. The molecule has 0 aliphatic carbocycles. The molecule has 1 aliphatic rings. The van der Waals surface area contributed by atoms with Gasteiger partial charge in [-0.1, -0.05) is 53.8 Å². The second kappa shape index (κ2) is 11.2. The molecule has 2 aromatic heterocycles. The van der Waals surface area contributed by atoms with Crippen LogP contribution in [-0.2, 0) is 11.3 Å². The predicted octanol–water partition coefficient (Wildman–Crippen LogP) is 4.70. The van der Waals surface area contributed by atoms with E-state index in [2.05, 4.69) is 15.3 Å². The maximum atomic E-state index is 13.1. The zero-order chi connectivity index (χ0) is 25.8. The lowest BCUT2D eigenvalue weighted by molar-refractivity contribution is 0.0342. The van der Waals surface area contributed by atoms with Crippen molar-refractivity contribution in [1.82, 2.24) is 19.7 Å². The summed E-state index contributed by atoms with van der Waals surface area (Å²) in [6, 6.07) is 20.6. The van der Waals surface area contributed by atoms with Gasteiger partial charge >= 0.3 is 0 Å². The molecule has 0 atom stereocenters. The lowest BCUT2D eigenvalue weighted by Crippen LogP contribution is -2.35. The van der Waals surface area contributed by atoms with Crippen molar-refractivity contribution < 1.29 is 9.53 Å². The van der Waals surface area contributed by atoms with Gasteiger partial charge in [0.05, 0.1) is 29.8 Å². The van der Waals surface area contributed by atoms with Crippen LogP contribution in [0.15, 0.2) is 71.5 Å². The summed E-state index contributed by atoms with van der Waals surface area (Å²) >= 11 is 1.34. The van der Waals surface area contributed by atoms with Gasteiger partial charge in [0.1, 0.15) is 5.69 Å². The lowest BCUT2D eigenvalue weighted by atomic mass is 10.1. The predicted molar refractivity (Wildman–Crippen MR) is 146 cm³/mol. The van der Waals surface area contributed by atoms with Gasteiger partial charge in [-0.3, -0.25) is 19.8 Å². The Bertz CT molecular complexity index is 1420. The number of carbonyl (C=O) groups is 1. The molecule has 0 spiro atoms. The smallest absolute Gasteiger partial charge is 0.267 e. The van der Waals surface area contributed by atoms with Gasteiger partial charge in [-0.15, -0.1) is 0 Å². The van der Waals surface area contributed by atoms with Crippen LogP contribution in [0.2, 0.25) is 0 Å². The molecular weight excluding hydrogens is 486 g/mol. The first-order chi connectivity index (χ1) is 18.0. The SMILES string of the molecule is CC(C)n1nc(-c2sc(NC(=O)c3ccc(CN4CCOCC4)cc3)nc2-c2ccccc2)ccc1=O. The Hall–Kier alpha value is -3.66. The third kappa shape index (κ3) is 5.85. The van der Waals surface area contributed by atoms with Crippen LogP contribution in [0.4, 0.5) is 5.13 Å². The van der Waals surface area contributed by atoms with E-state index in [-0.39, 0.29) is 17.5 Å². The molecule has 2 aromatic carbocycles. The number of nitrogens with zero attached hydrogens (tertiary/aromatic N) is 4. The minimum absolute atomic E-state index is 0.0778. The van der Waals surface area contributed by atoms with Gasteiger partial charge in [0, 0.05) is 36.8 Å². The molecule has 3 heterocycles. The molecule has 0 saturated carbocycles. The summed E-state index contributed by atoms with van der Waals surface area (Å²) in [6.45, 7) is 8.03. The molecule has 0 bridgehead atoms. The van der Waals surface area contributed by atoms with Crippen molar-refractivity contribution in [3.63, 3.8) is 0 Å². The molecule has 1 amide bonds. The van der Waals surface area contributed by atoms with E-state index in [0.717, 1.165) is 48.9 Å². The van der Waals surface area contributed by atoms with E-state index in [1.165, 1.54) is 22.1 Å². The summed E-state index contributed by atoms with van der Waals surface area (Å²) in [5.41, 5.74) is 3.82. The second-order valence-electron chi connectivity index (χ2n) is 9.20. The monoisotopic (exact) mass is 515 g/mol. The summed E-state index contributed by atoms with van der Waals surface area (Å²) in [7, 11) is 0. The number of hydrogen-bond acceptors (Lipinski definition) is 7. The molecule has 5 rings (SSSR count). The summed E-state index contributed by atoms with van der Waals surface area (Å²) in [5, 5.41) is 8.01. The van der Waals surface area contributed by atoms with Gasteiger partial charge in [-0.05, 0) is 37.6 Å². The van der Waals surface area contributed by atoms with Crippen LogP contribution in [0.1, 0.15) is 35.8 Å². The van der Waals surface area contributed by atoms with Crippen molar-refractivity contribution in [3.8, 4) is 21.8 Å². The number of carbonyl (C=O) groups excluding carboxylic acids is 1. The first-order valence-electron chi connectivity index (χ1n) is 12.3. The van der Waals surface area contributed by atoms with E-state index in [4.69, 9.17) is 9.72 Å². The molecule has 8 nitrogen and oxygen atoms in total. The highest BCUT2D eigenvalue weighted by atomic mass is 32.1. The van der Waals surface area contributed by atoms with Gasteiger partial charge in [0.25, 0.3) is 11.5 Å². The molecule has 0 radical (unpaired) electrons. The Labute approximate surface area is 219 Å². The number of nitrogens with one attached hydrogen (secondary N) is 1. The fourth-order valence-corrected chi connectivity index (χ4v) is 5.15. The van der Waals surface area contributed by atoms with Crippen LogP contribution in [0.3, 0.4) is 0 Å². The molecule has 1 N–H and O–H groups in total. The van der Waals surface area contributed by atoms with Crippen molar-refractivity contribution >= 4 is 22.4 Å². The van der Waals surface area contributed by atoms with Crippen molar-refractivity contribution in [2.75, 3.05) is 31.6 Å². The molecule has 4 aromatic rings. The number of amides is 1. The van der Waals surface area contributed by atoms with Crippen LogP contribution >= 0.6 is 11.3 Å². The Morgan fingerprint density at radius 2 is 1.76 bits per heavy atom. The topological polar surface area (TPSA) is 89.3 Å². The molecule has 0 unspecified atom stereocenters. The summed E-state index contributed by atoms with van der Waals surface area (Å²) in [6.07, 6.45) is 0. The molecule has 1 saturated heterocycles. The number of thiazole rings is 1. The van der Waals surface area contributed by atoms with Gasteiger partial charge < -0.3 is 4.74 Å². The quantitative estimate of drug-likeness (QED) is 0.384. The Balaban J connectivity index is 1.40. The summed E-state index contributed by atoms with van der Waals surface area (Å²) in [4.78, 5) is 33.2. The minimum Gasteiger partial charge on any atom is -0.379 e. The second-order valence-corrected chi connectivity index (χ2v) is 10.2. The highest BCUT2D eigenvalue weighted by molar-refractivity contribution is 7.19. The lowest BCUT2D eigenvalue weighted by Gasteiger charge is -2.26. The third-order valence-electron chi connectivity index (χ3n) is 6.17. The Morgan fingerprint density at radius 3 is 2.46 bits per heavy atom. The van der Waals surface area contributed by atoms with E-state index in [9.17, 15) is 9.59 Å². The summed E-state index contributed by atoms with van der Waals surface area (Å²) in [5.74, 6) is -0.224. The first-order valence-corrected chi connectivity index (χ1v) is 13.2. The number of aromatic nitrogens is 3. The summed E-state index contributed by atoms with van der Waals surface area (Å²) < 4.78 is 6.87. The van der Waals surface area contributed by atoms with E-state index < -0.39 is 0 Å². The number of ether oxygens (including phenoxy) is 1. The van der Waals surface area contributed by atoms with Crippen LogP contribution in [0.25, 0.3) is 21.8 Å². The van der Waals surface area contributed by atoms with Crippen molar-refractivity contribution in [2.24, 2.45) is 0 Å². The average molecular weight is 516 g/mol. The van der Waals surface area contributed by atoms with E-state index >= 15 is 0 Å². The maximum Gasteiger partial charge on any atom is 0.267 e. The van der Waals surface area contributed by atoms with Gasteiger partial charge in [0.2, 0.25) is 0 Å². The largest absolute Gasteiger partial charge is 0.379 e. The zero-order valence-electron chi connectivity index (χ0n) is 20.9. The number of morpholine rings is 1. The first kappa shape index (κ1) is 25.0. The molecule has 37 heavy (non-hydrogen) atoms. The number of hydrogen-bond donors (Lipinski definition) is 1. The number of anilines is 1. The minimum atomic E-state index is -0.224. The van der Waals surface area contributed by atoms with Crippen LogP contribution < -0.4 is 10.9 Å². The van der Waals surface area contributed by atoms with E-state index in [1.807, 2.05) is 68.4 Å². The van der Waals surface area contributed by atoms with Crippen molar-refractivity contribution in [1.29, 1.82) is 0 Å². The molecule has 190 valence electrons. The fraction of sp³-hybridized carbons (Fsp3) is 0.286. The zero-order valence-corrected chi connectivity index (χ0v) is 21.7. The standard InChI is InChI=1S/C28H29N5O3S/c1-19(2)33-24(34)13-12-23(31-33)26-25(21-6-4-3-5-7-21)29-28(37-26)30-27(35)22-10-8-20(9-11-22)18-32-14-16-36-17-15-32/h3-13,19H,14-18H2,1-2H3,(H,29,30,35). The van der Waals surface area contributed by atoms with Crippen LogP contribution in [-0.4, -0.2) is 51.9 Å². The van der Waals surface area contributed by atoms with E-state index in [1.54, 1.807) is 6.07 Å². The third-order valence-corrected chi connectivity index (χ3v) is 7.16. The van der Waals surface area contributed by atoms with Gasteiger partial charge in [-0.25, -0.2) is 9.67 Å². The van der Waals surface area contributed by atoms with Crippen molar-refractivity contribution in [3.05, 3.63) is 88.2 Å². The Kier molecular flexibility index (Phi) is 7.55. The van der Waals surface area contributed by atoms with Gasteiger partial charge in [0.15, 0.2) is 5.13 Å². The molecule has 9 heteroatoms. The number of rotatable bonds is 7. The van der Waals surface area contributed by atoms with E-state index in [0.29, 0.717) is 22.1 Å². The number of benzene rings is 2. The average Bonchev–Trinajstić information content (AvgIpc) is 3.34. The highest BCUT2D eigenvalue weighted by Crippen LogP contribution is 2.38. The normalized spacial score (nSPS) is 14.1. The van der Waals surface area contributed by atoms with Crippen LogP contribution in [0, 0.1) is 0 Å². The fourth-order valence-electron chi connectivity index (χ4n) is 4.20. The maximum absolute atomic E-state index is 13.1. The molecule has 1 aliphatic heterocycles.